The van der Waals surface area contributed by atoms with Gasteiger partial charge in [0, 0.05) is 39.4 Å². The third-order valence-corrected chi connectivity index (χ3v) is 8.94. The highest BCUT2D eigenvalue weighted by atomic mass is 79.9. The summed E-state index contributed by atoms with van der Waals surface area (Å²) in [6, 6.07) is 33.6. The molecule has 6 heteroatoms. The first-order valence-corrected chi connectivity index (χ1v) is 15.2. The number of aryl methyl sites for hydroxylation is 2. The summed E-state index contributed by atoms with van der Waals surface area (Å²) in [6.07, 6.45) is 2.87. The minimum atomic E-state index is -0.116. The molecule has 0 bridgehead atoms. The summed E-state index contributed by atoms with van der Waals surface area (Å²) in [5.74, 6) is 0.330. The zero-order valence-electron chi connectivity index (χ0n) is 22.5. The number of rotatable bonds is 7. The Morgan fingerprint density at radius 2 is 1.57 bits per heavy atom. The molecule has 0 unspecified atom stereocenters. The average molecular weight is 609 g/mol. The predicted molar refractivity (Wildman–Crippen MR) is 169 cm³/mol. The molecule has 0 fully saturated rings. The Balaban J connectivity index is 1.25. The van der Waals surface area contributed by atoms with Crippen molar-refractivity contribution in [3.63, 3.8) is 0 Å². The van der Waals surface area contributed by atoms with Crippen molar-refractivity contribution in [1.82, 2.24) is 9.58 Å². The largest absolute Gasteiger partial charge is 0.342 e. The van der Waals surface area contributed by atoms with Crippen LogP contribution in [0.25, 0.3) is 10.9 Å². The van der Waals surface area contributed by atoms with E-state index in [4.69, 9.17) is 5.10 Å². The SMILES string of the molecule is Cc1ccc(Cn2cc(SCC(=O)N3N=C(c4ccc(Br)cc4)C[C@H]3c3ccc(C)cc3)c3ccccc32)cc1. The molecule has 0 N–H and O–H groups in total. The Kier molecular flexibility index (Phi) is 7.63. The maximum atomic E-state index is 13.7. The Labute approximate surface area is 247 Å². The van der Waals surface area contributed by atoms with Crippen LogP contribution in [0.2, 0.25) is 0 Å². The number of thioether (sulfide) groups is 1. The van der Waals surface area contributed by atoms with Gasteiger partial charge in [0.15, 0.2) is 0 Å². The van der Waals surface area contributed by atoms with Crippen molar-refractivity contribution in [2.45, 2.75) is 37.8 Å². The second-order valence-corrected chi connectivity index (χ2v) is 12.3. The number of halogens is 1. The normalized spacial score (nSPS) is 15.0. The van der Waals surface area contributed by atoms with Gasteiger partial charge in [-0.05, 0) is 48.7 Å². The highest BCUT2D eigenvalue weighted by molar-refractivity contribution is 9.10. The zero-order valence-corrected chi connectivity index (χ0v) is 25.0. The molecule has 40 heavy (non-hydrogen) atoms. The van der Waals surface area contributed by atoms with Crippen LogP contribution in [0, 0.1) is 13.8 Å². The molecule has 6 rings (SSSR count). The molecule has 0 saturated heterocycles. The van der Waals surface area contributed by atoms with E-state index in [0.29, 0.717) is 12.2 Å². The molecule has 2 heterocycles. The maximum absolute atomic E-state index is 13.7. The molecular formula is C34H30BrN3OS. The summed E-state index contributed by atoms with van der Waals surface area (Å²) >= 11 is 5.11. The molecule has 0 saturated carbocycles. The fourth-order valence-electron chi connectivity index (χ4n) is 5.16. The van der Waals surface area contributed by atoms with Crippen LogP contribution in [0.3, 0.4) is 0 Å². The van der Waals surface area contributed by atoms with Gasteiger partial charge in [-0.25, -0.2) is 5.01 Å². The number of benzene rings is 4. The Hall–Kier alpha value is -3.61. The number of aromatic nitrogens is 1. The number of para-hydroxylation sites is 1. The van der Waals surface area contributed by atoms with Gasteiger partial charge >= 0.3 is 0 Å². The number of nitrogens with zero attached hydrogens (tertiary/aromatic N) is 3. The minimum absolute atomic E-state index is 0.0121. The van der Waals surface area contributed by atoms with Crippen molar-refractivity contribution in [2.24, 2.45) is 5.10 Å². The van der Waals surface area contributed by atoms with E-state index >= 15 is 0 Å². The number of carbonyl (C=O) groups is 1. The maximum Gasteiger partial charge on any atom is 0.253 e. The lowest BCUT2D eigenvalue weighted by molar-refractivity contribution is -0.130. The van der Waals surface area contributed by atoms with E-state index in [9.17, 15) is 4.79 Å². The topological polar surface area (TPSA) is 37.6 Å². The first-order valence-electron chi connectivity index (χ1n) is 13.4. The van der Waals surface area contributed by atoms with E-state index < -0.39 is 0 Å². The summed E-state index contributed by atoms with van der Waals surface area (Å²) in [7, 11) is 0. The third-order valence-electron chi connectivity index (χ3n) is 7.38. The van der Waals surface area contributed by atoms with Crippen molar-refractivity contribution in [1.29, 1.82) is 0 Å². The lowest BCUT2D eigenvalue weighted by atomic mass is 9.98. The first-order chi connectivity index (χ1) is 19.4. The van der Waals surface area contributed by atoms with Gasteiger partial charge < -0.3 is 4.57 Å². The van der Waals surface area contributed by atoms with Crippen LogP contribution in [0.1, 0.15) is 40.3 Å². The summed E-state index contributed by atoms with van der Waals surface area (Å²) < 4.78 is 3.30. The van der Waals surface area contributed by atoms with Crippen LogP contribution in [-0.2, 0) is 11.3 Å². The fraction of sp³-hybridized carbons (Fsp3) is 0.176. The molecule has 4 aromatic carbocycles. The Morgan fingerprint density at radius 3 is 2.30 bits per heavy atom. The summed E-state index contributed by atoms with van der Waals surface area (Å²) in [5.41, 5.74) is 7.97. The van der Waals surface area contributed by atoms with E-state index in [1.54, 1.807) is 16.8 Å². The van der Waals surface area contributed by atoms with Crippen molar-refractivity contribution in [3.8, 4) is 0 Å². The fourth-order valence-corrected chi connectivity index (χ4v) is 6.37. The second kappa shape index (κ2) is 11.5. The van der Waals surface area contributed by atoms with Crippen LogP contribution in [0.5, 0.6) is 0 Å². The summed E-state index contributed by atoms with van der Waals surface area (Å²) in [6.45, 7) is 4.98. The lowest BCUT2D eigenvalue weighted by Crippen LogP contribution is -2.28. The van der Waals surface area contributed by atoms with Crippen LogP contribution in [0.4, 0.5) is 0 Å². The van der Waals surface area contributed by atoms with E-state index in [1.165, 1.54) is 27.6 Å². The molecular weight excluding hydrogens is 578 g/mol. The summed E-state index contributed by atoms with van der Waals surface area (Å²) in [5, 5.41) is 7.76. The third kappa shape index (κ3) is 5.65. The zero-order chi connectivity index (χ0) is 27.6. The number of carbonyl (C=O) groups excluding carboxylic acids is 1. The number of hydrazone groups is 1. The second-order valence-electron chi connectivity index (χ2n) is 10.3. The van der Waals surface area contributed by atoms with E-state index in [0.717, 1.165) is 32.8 Å². The van der Waals surface area contributed by atoms with Crippen LogP contribution >= 0.6 is 27.7 Å². The lowest BCUT2D eigenvalue weighted by Gasteiger charge is -2.22. The van der Waals surface area contributed by atoms with Gasteiger partial charge in [0.1, 0.15) is 0 Å². The standard InChI is InChI=1S/C34H30BrN3OS/c1-23-7-11-25(12-8-23)20-37-21-33(29-5-3-4-6-31(29)37)40-22-34(39)38-32(27-13-9-24(2)10-14-27)19-30(36-38)26-15-17-28(35)18-16-26/h3-18,21,32H,19-20,22H2,1-2H3/t32-/m0/s1. The quantitative estimate of drug-likeness (QED) is 0.174. The minimum Gasteiger partial charge on any atom is -0.342 e. The Bertz CT molecular complexity index is 1690. The van der Waals surface area contributed by atoms with E-state index in [1.807, 2.05) is 12.1 Å². The molecule has 1 amide bonds. The van der Waals surface area contributed by atoms with Crippen molar-refractivity contribution in [3.05, 3.63) is 136 Å². The van der Waals surface area contributed by atoms with E-state index in [2.05, 4.69) is 125 Å². The predicted octanol–water partition coefficient (Wildman–Crippen LogP) is 8.54. The number of amides is 1. The molecule has 5 aromatic rings. The van der Waals surface area contributed by atoms with Crippen LogP contribution in [-0.4, -0.2) is 26.9 Å². The van der Waals surface area contributed by atoms with Gasteiger partial charge in [-0.15, -0.1) is 11.8 Å². The van der Waals surface area contributed by atoms with Gasteiger partial charge in [-0.1, -0.05) is 106 Å². The molecule has 1 aliphatic heterocycles. The van der Waals surface area contributed by atoms with Crippen LogP contribution in [0.15, 0.2) is 118 Å². The van der Waals surface area contributed by atoms with Gasteiger partial charge in [0.05, 0.1) is 17.5 Å². The van der Waals surface area contributed by atoms with Gasteiger partial charge in [0.2, 0.25) is 0 Å². The van der Waals surface area contributed by atoms with Crippen molar-refractivity contribution >= 4 is 50.2 Å². The molecule has 1 atom stereocenters. The molecule has 0 radical (unpaired) electrons. The molecule has 0 spiro atoms. The number of hydrogen-bond acceptors (Lipinski definition) is 3. The average Bonchev–Trinajstić information content (AvgIpc) is 3.56. The molecule has 1 aromatic heterocycles. The highest BCUT2D eigenvalue weighted by Gasteiger charge is 2.33. The Morgan fingerprint density at radius 1 is 0.900 bits per heavy atom. The summed E-state index contributed by atoms with van der Waals surface area (Å²) in [4.78, 5) is 14.9. The van der Waals surface area contributed by atoms with Crippen LogP contribution < -0.4 is 0 Å². The van der Waals surface area contributed by atoms with Gasteiger partial charge in [0.25, 0.3) is 5.91 Å². The van der Waals surface area contributed by atoms with E-state index in [-0.39, 0.29) is 11.9 Å². The first kappa shape index (κ1) is 26.6. The number of fused-ring (bicyclic) bond motifs is 1. The molecule has 0 aliphatic carbocycles. The van der Waals surface area contributed by atoms with Crippen molar-refractivity contribution in [2.75, 3.05) is 5.75 Å². The molecule has 4 nitrogen and oxygen atoms in total. The highest BCUT2D eigenvalue weighted by Crippen LogP contribution is 2.36. The molecule has 1 aliphatic rings. The smallest absolute Gasteiger partial charge is 0.253 e. The van der Waals surface area contributed by atoms with Crippen molar-refractivity contribution < 1.29 is 4.79 Å². The molecule has 200 valence electrons. The van der Waals surface area contributed by atoms with Gasteiger partial charge in [-0.2, -0.15) is 5.10 Å². The van der Waals surface area contributed by atoms with Gasteiger partial charge in [-0.3, -0.25) is 4.79 Å². The number of hydrogen-bond donors (Lipinski definition) is 0. The monoisotopic (exact) mass is 607 g/mol.